The van der Waals surface area contributed by atoms with E-state index < -0.39 is 29.4 Å². The van der Waals surface area contributed by atoms with Crippen molar-refractivity contribution in [2.24, 2.45) is 0 Å². The molecule has 0 saturated carbocycles. The summed E-state index contributed by atoms with van der Waals surface area (Å²) in [7, 11) is 1.56. The molecule has 0 fully saturated rings. The molecular formula is C25H22ClF6NO3. The third-order valence-electron chi connectivity index (χ3n) is 4.82. The van der Waals surface area contributed by atoms with Crippen molar-refractivity contribution in [1.29, 1.82) is 0 Å². The van der Waals surface area contributed by atoms with Crippen LogP contribution < -0.4 is 10.1 Å². The van der Waals surface area contributed by atoms with E-state index in [1.165, 1.54) is 12.1 Å². The average Bonchev–Trinajstić information content (AvgIpc) is 2.80. The van der Waals surface area contributed by atoms with Crippen LogP contribution in [-0.2, 0) is 30.0 Å². The first-order chi connectivity index (χ1) is 16.8. The van der Waals surface area contributed by atoms with Gasteiger partial charge in [-0.3, -0.25) is 4.79 Å². The van der Waals surface area contributed by atoms with E-state index in [1.807, 2.05) is 0 Å². The highest BCUT2D eigenvalue weighted by atomic mass is 35.5. The molecular weight excluding hydrogens is 512 g/mol. The van der Waals surface area contributed by atoms with Gasteiger partial charge >= 0.3 is 18.3 Å². The van der Waals surface area contributed by atoms with Gasteiger partial charge in [0.2, 0.25) is 0 Å². The van der Waals surface area contributed by atoms with Crippen molar-refractivity contribution in [3.05, 3.63) is 94.0 Å². The second kappa shape index (κ2) is 12.5. The number of alkyl halides is 6. The molecule has 0 aliphatic heterocycles. The normalized spacial score (nSPS) is 11.3. The third kappa shape index (κ3) is 9.33. The Hall–Kier alpha value is -3.40. The van der Waals surface area contributed by atoms with Crippen molar-refractivity contribution in [3.63, 3.8) is 0 Å². The SMILES string of the molecule is COc1ccc(Cl)c(NCCc2ccc(C(F)(F)F)cc2)c1.O=C(O)Cc1ccc(C(F)(F)F)cc1. The highest BCUT2D eigenvalue weighted by Crippen LogP contribution is 2.30. The minimum absolute atomic E-state index is 0.266. The van der Waals surface area contributed by atoms with Crippen molar-refractivity contribution in [2.75, 3.05) is 19.0 Å². The van der Waals surface area contributed by atoms with Gasteiger partial charge < -0.3 is 15.2 Å². The zero-order valence-electron chi connectivity index (χ0n) is 18.9. The Bertz CT molecular complexity index is 1130. The lowest BCUT2D eigenvalue weighted by molar-refractivity contribution is -0.138. The van der Waals surface area contributed by atoms with Gasteiger partial charge in [0, 0.05) is 12.6 Å². The fourth-order valence-electron chi connectivity index (χ4n) is 2.95. The van der Waals surface area contributed by atoms with E-state index in [2.05, 4.69) is 5.32 Å². The zero-order chi connectivity index (χ0) is 26.9. The molecule has 11 heteroatoms. The Morgan fingerprint density at radius 3 is 1.81 bits per heavy atom. The number of aliphatic carboxylic acids is 1. The van der Waals surface area contributed by atoms with Gasteiger partial charge in [-0.05, 0) is 53.9 Å². The minimum atomic E-state index is -4.37. The van der Waals surface area contributed by atoms with Crippen LogP contribution in [0.1, 0.15) is 22.3 Å². The van der Waals surface area contributed by atoms with Gasteiger partial charge in [0.25, 0.3) is 0 Å². The number of hydrogen-bond donors (Lipinski definition) is 2. The largest absolute Gasteiger partial charge is 0.497 e. The van der Waals surface area contributed by atoms with Crippen LogP contribution in [0.3, 0.4) is 0 Å². The Balaban J connectivity index is 0.000000281. The molecule has 2 N–H and O–H groups in total. The molecule has 0 spiro atoms. The number of carboxylic acid groups (broad SMARTS) is 1. The van der Waals surface area contributed by atoms with Crippen molar-refractivity contribution >= 4 is 23.3 Å². The molecule has 0 atom stereocenters. The van der Waals surface area contributed by atoms with Gasteiger partial charge in [-0.15, -0.1) is 0 Å². The number of halogens is 7. The number of ether oxygens (including phenoxy) is 1. The fourth-order valence-corrected chi connectivity index (χ4v) is 3.14. The van der Waals surface area contributed by atoms with Crippen LogP contribution in [0.15, 0.2) is 66.7 Å². The summed E-state index contributed by atoms with van der Waals surface area (Å²) in [6, 6.07) is 14.5. The summed E-state index contributed by atoms with van der Waals surface area (Å²) in [5.74, 6) is -0.383. The topological polar surface area (TPSA) is 58.6 Å². The van der Waals surface area contributed by atoms with Gasteiger partial charge in [0.15, 0.2) is 0 Å². The standard InChI is InChI=1S/C16H15ClF3NO.C9H7F3O2/c1-22-13-6-7-14(17)15(10-13)21-9-8-11-2-4-12(5-3-11)16(18,19)20;10-9(11,12)7-3-1-6(2-4-7)5-8(13)14/h2-7,10,21H,8-9H2,1H3;1-4H,5H2,(H,13,14). The molecule has 0 aromatic heterocycles. The number of carboxylic acids is 1. The molecule has 194 valence electrons. The number of rotatable bonds is 7. The van der Waals surface area contributed by atoms with Crippen LogP contribution >= 0.6 is 11.6 Å². The minimum Gasteiger partial charge on any atom is -0.497 e. The van der Waals surface area contributed by atoms with E-state index in [9.17, 15) is 31.1 Å². The molecule has 0 heterocycles. The Morgan fingerprint density at radius 2 is 1.36 bits per heavy atom. The lowest BCUT2D eigenvalue weighted by Gasteiger charge is -2.11. The first-order valence-electron chi connectivity index (χ1n) is 10.4. The second-order valence-corrected chi connectivity index (χ2v) is 7.89. The number of carbonyl (C=O) groups is 1. The summed E-state index contributed by atoms with van der Waals surface area (Å²) in [5.41, 5.74) is 0.490. The van der Waals surface area contributed by atoms with Crippen LogP contribution in [0.4, 0.5) is 32.0 Å². The maximum atomic E-state index is 12.5. The molecule has 36 heavy (non-hydrogen) atoms. The highest BCUT2D eigenvalue weighted by molar-refractivity contribution is 6.33. The molecule has 3 aromatic rings. The van der Waals surface area contributed by atoms with Crippen molar-refractivity contribution in [2.45, 2.75) is 25.2 Å². The molecule has 4 nitrogen and oxygen atoms in total. The van der Waals surface area contributed by atoms with E-state index in [1.54, 1.807) is 25.3 Å². The molecule has 0 radical (unpaired) electrons. The van der Waals surface area contributed by atoms with Gasteiger partial charge in [-0.1, -0.05) is 35.9 Å². The van der Waals surface area contributed by atoms with Crippen LogP contribution in [0.25, 0.3) is 0 Å². The lowest BCUT2D eigenvalue weighted by atomic mass is 10.1. The summed E-state index contributed by atoms with van der Waals surface area (Å²) in [6.07, 6.45) is -8.35. The van der Waals surface area contributed by atoms with Crippen molar-refractivity contribution < 1.29 is 41.0 Å². The highest BCUT2D eigenvalue weighted by Gasteiger charge is 2.30. The van der Waals surface area contributed by atoms with Crippen LogP contribution in [0, 0.1) is 0 Å². The number of benzene rings is 3. The number of hydrogen-bond acceptors (Lipinski definition) is 3. The Kier molecular flexibility index (Phi) is 10.0. The maximum Gasteiger partial charge on any atom is 0.416 e. The predicted molar refractivity (Wildman–Crippen MR) is 124 cm³/mol. The Morgan fingerprint density at radius 1 is 0.861 bits per heavy atom. The maximum absolute atomic E-state index is 12.5. The first kappa shape index (κ1) is 28.8. The summed E-state index contributed by atoms with van der Waals surface area (Å²) in [5, 5.41) is 12.1. The molecule has 0 amide bonds. The van der Waals surface area contributed by atoms with Gasteiger partial charge in [0.1, 0.15) is 5.75 Å². The van der Waals surface area contributed by atoms with E-state index in [-0.39, 0.29) is 6.42 Å². The quantitative estimate of drug-likeness (QED) is 0.312. The third-order valence-corrected chi connectivity index (χ3v) is 5.15. The number of anilines is 1. The van der Waals surface area contributed by atoms with E-state index in [0.717, 1.165) is 47.6 Å². The van der Waals surface area contributed by atoms with Gasteiger partial charge in [0.05, 0.1) is 35.4 Å². The summed E-state index contributed by atoms with van der Waals surface area (Å²) < 4.78 is 78.7. The van der Waals surface area contributed by atoms with Gasteiger partial charge in [-0.2, -0.15) is 26.3 Å². The van der Waals surface area contributed by atoms with E-state index >= 15 is 0 Å². The summed E-state index contributed by atoms with van der Waals surface area (Å²) >= 11 is 6.06. The molecule has 0 bridgehead atoms. The van der Waals surface area contributed by atoms with Crippen molar-refractivity contribution in [3.8, 4) is 5.75 Å². The molecule has 0 aliphatic carbocycles. The van der Waals surface area contributed by atoms with Crippen LogP contribution in [-0.4, -0.2) is 24.7 Å². The van der Waals surface area contributed by atoms with Gasteiger partial charge in [-0.25, -0.2) is 0 Å². The van der Waals surface area contributed by atoms with E-state index in [4.69, 9.17) is 21.4 Å². The number of nitrogens with one attached hydrogen (secondary N) is 1. The Labute approximate surface area is 208 Å². The monoisotopic (exact) mass is 533 g/mol. The summed E-state index contributed by atoms with van der Waals surface area (Å²) in [6.45, 7) is 0.554. The van der Waals surface area contributed by atoms with E-state index in [0.29, 0.717) is 29.3 Å². The fraction of sp³-hybridized carbons (Fsp3) is 0.240. The number of methoxy groups -OCH3 is 1. The smallest absolute Gasteiger partial charge is 0.416 e. The van der Waals surface area contributed by atoms with Crippen LogP contribution in [0.2, 0.25) is 5.02 Å². The molecule has 0 unspecified atom stereocenters. The molecule has 3 rings (SSSR count). The molecule has 0 aliphatic rings. The first-order valence-corrected chi connectivity index (χ1v) is 10.8. The zero-order valence-corrected chi connectivity index (χ0v) is 19.6. The molecule has 0 saturated heterocycles. The molecule has 3 aromatic carbocycles. The second-order valence-electron chi connectivity index (χ2n) is 7.48. The summed E-state index contributed by atoms with van der Waals surface area (Å²) in [4.78, 5) is 10.2. The van der Waals surface area contributed by atoms with Crippen molar-refractivity contribution in [1.82, 2.24) is 0 Å². The lowest BCUT2D eigenvalue weighted by Crippen LogP contribution is -2.07. The van der Waals surface area contributed by atoms with Crippen LogP contribution in [0.5, 0.6) is 5.75 Å². The predicted octanol–water partition coefficient (Wildman–Crippen LogP) is 7.35. The average molecular weight is 534 g/mol.